The lowest BCUT2D eigenvalue weighted by atomic mass is 10.1. The Bertz CT molecular complexity index is 798. The Morgan fingerprint density at radius 3 is 1.82 bits per heavy atom. The largest absolute Gasteiger partial charge is 0.477 e. The van der Waals surface area contributed by atoms with Crippen LogP contribution in [-0.2, 0) is 12.8 Å². The van der Waals surface area contributed by atoms with Gasteiger partial charge in [0.2, 0.25) is 0 Å². The van der Waals surface area contributed by atoms with E-state index >= 15 is 0 Å². The zero-order valence-electron chi connectivity index (χ0n) is 16.2. The van der Waals surface area contributed by atoms with Crippen LogP contribution in [0.15, 0.2) is 41.8 Å². The number of carboxylic acids is 1. The third-order valence-corrected chi connectivity index (χ3v) is 3.86. The van der Waals surface area contributed by atoms with Crippen LogP contribution in [0, 0.1) is 0 Å². The summed E-state index contributed by atoms with van der Waals surface area (Å²) in [5.74, 6) is -1.61. The SMILES string of the molecule is CCCCc1ccc(C(=O)N=[N+]=[N-])nc1.CCCCc1ccc(C(=O)O)nc1. The maximum Gasteiger partial charge on any atom is 0.354 e. The first-order valence-corrected chi connectivity index (χ1v) is 9.24. The number of carbonyl (C=O) groups is 2. The summed E-state index contributed by atoms with van der Waals surface area (Å²) < 4.78 is 0. The average Bonchev–Trinajstić information content (AvgIpc) is 2.72. The second-order valence-electron chi connectivity index (χ2n) is 6.11. The molecule has 0 aliphatic carbocycles. The monoisotopic (exact) mass is 383 g/mol. The summed E-state index contributed by atoms with van der Waals surface area (Å²) in [6.45, 7) is 4.24. The molecule has 0 aliphatic heterocycles. The molecule has 2 rings (SSSR count). The van der Waals surface area contributed by atoms with E-state index in [9.17, 15) is 9.59 Å². The Labute approximate surface area is 164 Å². The van der Waals surface area contributed by atoms with E-state index in [2.05, 4.69) is 33.8 Å². The molecule has 1 amide bonds. The molecule has 0 unspecified atom stereocenters. The molecular weight excluding hydrogens is 358 g/mol. The maximum atomic E-state index is 11.1. The van der Waals surface area contributed by atoms with Crippen molar-refractivity contribution in [3.8, 4) is 0 Å². The molecule has 0 saturated carbocycles. The fourth-order valence-electron chi connectivity index (χ4n) is 2.25. The van der Waals surface area contributed by atoms with Crippen molar-refractivity contribution in [1.29, 1.82) is 0 Å². The predicted octanol–water partition coefficient (Wildman–Crippen LogP) is 5.00. The van der Waals surface area contributed by atoms with E-state index in [0.29, 0.717) is 0 Å². The van der Waals surface area contributed by atoms with Gasteiger partial charge >= 0.3 is 5.97 Å². The predicted molar refractivity (Wildman–Crippen MR) is 106 cm³/mol. The summed E-state index contributed by atoms with van der Waals surface area (Å²) in [7, 11) is 0. The first-order valence-electron chi connectivity index (χ1n) is 9.24. The van der Waals surface area contributed by atoms with Crippen molar-refractivity contribution in [2.75, 3.05) is 0 Å². The van der Waals surface area contributed by atoms with Crippen molar-refractivity contribution in [1.82, 2.24) is 9.97 Å². The molecule has 0 aromatic carbocycles. The normalized spacial score (nSPS) is 9.64. The van der Waals surface area contributed by atoms with Crippen LogP contribution in [0.25, 0.3) is 10.4 Å². The van der Waals surface area contributed by atoms with Crippen LogP contribution < -0.4 is 0 Å². The van der Waals surface area contributed by atoms with Gasteiger partial charge in [0, 0.05) is 17.3 Å². The molecule has 0 radical (unpaired) electrons. The van der Waals surface area contributed by atoms with Crippen molar-refractivity contribution in [2.45, 2.75) is 52.4 Å². The van der Waals surface area contributed by atoms with Gasteiger partial charge in [0.25, 0.3) is 5.91 Å². The highest BCUT2D eigenvalue weighted by Crippen LogP contribution is 2.06. The number of aromatic carboxylic acids is 1. The molecule has 28 heavy (non-hydrogen) atoms. The van der Waals surface area contributed by atoms with Crippen LogP contribution >= 0.6 is 0 Å². The number of aryl methyl sites for hydroxylation is 2. The van der Waals surface area contributed by atoms with Crippen molar-refractivity contribution >= 4 is 11.9 Å². The fourth-order valence-corrected chi connectivity index (χ4v) is 2.25. The first-order chi connectivity index (χ1) is 13.5. The molecule has 2 heterocycles. The first kappa shape index (κ1) is 22.8. The van der Waals surface area contributed by atoms with Crippen LogP contribution in [0.2, 0.25) is 0 Å². The van der Waals surface area contributed by atoms with Gasteiger partial charge in [-0.25, -0.2) is 9.78 Å². The summed E-state index contributed by atoms with van der Waals surface area (Å²) in [5, 5.41) is 11.6. The minimum absolute atomic E-state index is 0.111. The lowest BCUT2D eigenvalue weighted by Crippen LogP contribution is -2.00. The Kier molecular flexibility index (Phi) is 10.6. The number of hydrogen-bond donors (Lipinski definition) is 1. The van der Waals surface area contributed by atoms with Crippen LogP contribution in [-0.4, -0.2) is 27.0 Å². The lowest BCUT2D eigenvalue weighted by molar-refractivity contribution is 0.0690. The third kappa shape index (κ3) is 8.42. The molecule has 0 bridgehead atoms. The smallest absolute Gasteiger partial charge is 0.354 e. The number of aromatic nitrogens is 2. The Balaban J connectivity index is 0.000000283. The zero-order chi connectivity index (χ0) is 20.8. The molecule has 8 nitrogen and oxygen atoms in total. The van der Waals surface area contributed by atoms with Gasteiger partial charge in [-0.05, 0) is 59.6 Å². The van der Waals surface area contributed by atoms with E-state index in [-0.39, 0.29) is 11.4 Å². The number of hydrogen-bond acceptors (Lipinski definition) is 4. The van der Waals surface area contributed by atoms with Gasteiger partial charge < -0.3 is 5.11 Å². The van der Waals surface area contributed by atoms with Crippen molar-refractivity contribution in [3.63, 3.8) is 0 Å². The van der Waals surface area contributed by atoms with E-state index < -0.39 is 11.9 Å². The molecule has 0 atom stereocenters. The lowest BCUT2D eigenvalue weighted by Gasteiger charge is -1.99. The fraction of sp³-hybridized carbons (Fsp3) is 0.400. The number of azide groups is 1. The topological polar surface area (TPSA) is 129 Å². The van der Waals surface area contributed by atoms with Gasteiger partial charge in [-0.15, -0.1) is 0 Å². The average molecular weight is 383 g/mol. The van der Waals surface area contributed by atoms with E-state index in [4.69, 9.17) is 10.6 Å². The van der Waals surface area contributed by atoms with Gasteiger partial charge in [-0.1, -0.05) is 38.8 Å². The number of rotatable bonds is 8. The third-order valence-electron chi connectivity index (χ3n) is 3.86. The summed E-state index contributed by atoms with van der Waals surface area (Å²) >= 11 is 0. The van der Waals surface area contributed by atoms with Crippen molar-refractivity contribution in [2.24, 2.45) is 5.11 Å². The summed E-state index contributed by atoms with van der Waals surface area (Å²) in [6.07, 6.45) is 9.71. The van der Waals surface area contributed by atoms with Gasteiger partial charge in [0.15, 0.2) is 0 Å². The molecule has 0 fully saturated rings. The number of pyridine rings is 2. The number of carbonyl (C=O) groups excluding carboxylic acids is 1. The molecule has 0 saturated heterocycles. The number of nitrogens with zero attached hydrogens (tertiary/aromatic N) is 5. The zero-order valence-corrected chi connectivity index (χ0v) is 16.2. The van der Waals surface area contributed by atoms with Crippen LogP contribution in [0.1, 0.15) is 71.6 Å². The quantitative estimate of drug-likeness (QED) is 0.389. The molecular formula is C20H25N5O3. The summed E-state index contributed by atoms with van der Waals surface area (Å²) in [5.41, 5.74) is 10.6. The van der Waals surface area contributed by atoms with E-state index in [1.165, 1.54) is 0 Å². The minimum Gasteiger partial charge on any atom is -0.477 e. The standard InChI is InChI=1S/C10H12N4O.C10H13NO2/c1-2-3-4-8-5-6-9(12-7-8)10(15)13-14-11;1-2-3-4-8-5-6-9(10(12)13)11-7-8/h5-7H,2-4H2,1H3;5-7H,2-4H2,1H3,(H,12,13). The number of unbranched alkanes of at least 4 members (excludes halogenated alkanes) is 2. The van der Waals surface area contributed by atoms with Gasteiger partial charge in [-0.2, -0.15) is 0 Å². The second kappa shape index (κ2) is 13.0. The molecule has 0 spiro atoms. The van der Waals surface area contributed by atoms with Crippen molar-refractivity contribution in [3.05, 3.63) is 69.6 Å². The highest BCUT2D eigenvalue weighted by atomic mass is 16.4. The minimum atomic E-state index is -0.970. The maximum absolute atomic E-state index is 11.1. The summed E-state index contributed by atoms with van der Waals surface area (Å²) in [6, 6.07) is 6.80. The van der Waals surface area contributed by atoms with Crippen LogP contribution in [0.4, 0.5) is 0 Å². The van der Waals surface area contributed by atoms with Crippen molar-refractivity contribution < 1.29 is 14.7 Å². The Morgan fingerprint density at radius 1 is 0.964 bits per heavy atom. The molecule has 0 aliphatic rings. The van der Waals surface area contributed by atoms with E-state index in [1.807, 2.05) is 12.1 Å². The highest BCUT2D eigenvalue weighted by Gasteiger charge is 2.04. The van der Waals surface area contributed by atoms with Gasteiger partial charge in [0.1, 0.15) is 11.4 Å². The molecule has 1 N–H and O–H groups in total. The Hall–Kier alpha value is -3.25. The van der Waals surface area contributed by atoms with E-state index in [1.54, 1.807) is 24.5 Å². The molecule has 2 aromatic rings. The van der Waals surface area contributed by atoms with Crippen LogP contribution in [0.5, 0.6) is 0 Å². The molecule has 2 aromatic heterocycles. The molecule has 148 valence electrons. The molecule has 8 heteroatoms. The van der Waals surface area contributed by atoms with Gasteiger partial charge in [-0.3, -0.25) is 9.78 Å². The van der Waals surface area contributed by atoms with Gasteiger partial charge in [0.05, 0.1) is 0 Å². The van der Waals surface area contributed by atoms with Crippen LogP contribution in [0.3, 0.4) is 0 Å². The second-order valence-corrected chi connectivity index (χ2v) is 6.11. The summed E-state index contributed by atoms with van der Waals surface area (Å²) in [4.78, 5) is 31.7. The highest BCUT2D eigenvalue weighted by molar-refractivity contribution is 5.92. The Morgan fingerprint density at radius 2 is 1.46 bits per heavy atom. The number of carboxylic acid groups (broad SMARTS) is 1. The van der Waals surface area contributed by atoms with E-state index in [0.717, 1.165) is 49.7 Å². The number of amides is 1.